The van der Waals surface area contributed by atoms with E-state index >= 15 is 0 Å². The summed E-state index contributed by atoms with van der Waals surface area (Å²) in [6.07, 6.45) is -1.74. The van der Waals surface area contributed by atoms with Crippen LogP contribution in [0.15, 0.2) is 18.7 Å². The van der Waals surface area contributed by atoms with Gasteiger partial charge in [0.15, 0.2) is 34.7 Å². The Labute approximate surface area is 188 Å². The molecule has 33 heavy (non-hydrogen) atoms. The van der Waals surface area contributed by atoms with Crippen LogP contribution in [0.4, 0.5) is 5.82 Å². The van der Waals surface area contributed by atoms with Gasteiger partial charge in [-0.3, -0.25) is 4.57 Å². The van der Waals surface area contributed by atoms with E-state index < -0.39 is 31.1 Å². The third-order valence-electron chi connectivity index (χ3n) is 5.49. The Bertz CT molecular complexity index is 1140. The Morgan fingerprint density at radius 1 is 1.06 bits per heavy atom. The van der Waals surface area contributed by atoms with Gasteiger partial charge in [-0.05, 0) is 0 Å². The fourth-order valence-electron chi connectivity index (χ4n) is 3.82. The zero-order chi connectivity index (χ0) is 23.7. The van der Waals surface area contributed by atoms with Crippen LogP contribution in [0.3, 0.4) is 0 Å². The molecule has 0 amide bonds. The standard InChI is InChI=1S/C20H25N5O8/c1-30-11-4-10(27)9(16(31-2)17(11)32-3)5-21-18-13-19(23-7-22-18)25(8-24-13)20-15(29)14(28)12(6-26)33-20/h4,7-8,12,14-15,20,26-29H,5-6H2,1-3H3,(H,21,22,23)/t12-,14-,15+,20-/m1/s1. The molecule has 0 radical (unpaired) electrons. The number of rotatable bonds is 8. The molecular weight excluding hydrogens is 438 g/mol. The minimum absolute atomic E-state index is 0.0701. The topological polar surface area (TPSA) is 173 Å². The molecule has 1 aliphatic rings. The summed E-state index contributed by atoms with van der Waals surface area (Å²) in [5.74, 6) is 1.22. The van der Waals surface area contributed by atoms with E-state index in [4.69, 9.17) is 18.9 Å². The van der Waals surface area contributed by atoms with Gasteiger partial charge in [-0.25, -0.2) is 15.0 Å². The van der Waals surface area contributed by atoms with E-state index in [1.54, 1.807) is 0 Å². The number of nitrogens with one attached hydrogen (secondary N) is 1. The molecule has 0 spiro atoms. The minimum atomic E-state index is -1.28. The van der Waals surface area contributed by atoms with E-state index in [2.05, 4.69) is 20.3 Å². The summed E-state index contributed by atoms with van der Waals surface area (Å²) >= 11 is 0. The highest BCUT2D eigenvalue weighted by atomic mass is 16.6. The minimum Gasteiger partial charge on any atom is -0.507 e. The summed E-state index contributed by atoms with van der Waals surface area (Å²) < 4.78 is 23.1. The SMILES string of the molecule is COc1cc(O)c(CNc2ncnc3c2ncn3[C@@H]2O[C@H](CO)[C@@H](O)[C@@H]2O)c(OC)c1OC. The molecule has 1 aromatic carbocycles. The summed E-state index contributed by atoms with van der Waals surface area (Å²) in [4.78, 5) is 12.7. The van der Waals surface area contributed by atoms with Gasteiger partial charge >= 0.3 is 0 Å². The third kappa shape index (κ3) is 3.84. The second-order valence-electron chi connectivity index (χ2n) is 7.27. The van der Waals surface area contributed by atoms with Crippen LogP contribution in [0.1, 0.15) is 11.8 Å². The van der Waals surface area contributed by atoms with Crippen molar-refractivity contribution in [3.63, 3.8) is 0 Å². The number of nitrogens with zero attached hydrogens (tertiary/aromatic N) is 4. The maximum atomic E-state index is 10.5. The molecule has 4 atom stereocenters. The van der Waals surface area contributed by atoms with Crippen molar-refractivity contribution in [3.8, 4) is 23.0 Å². The van der Waals surface area contributed by atoms with E-state index in [1.807, 2.05) is 0 Å². The molecule has 0 bridgehead atoms. The Balaban J connectivity index is 1.64. The summed E-state index contributed by atoms with van der Waals surface area (Å²) in [7, 11) is 4.37. The molecule has 178 valence electrons. The number of aliphatic hydroxyl groups is 3. The van der Waals surface area contributed by atoms with Gasteiger partial charge in [0.2, 0.25) is 5.75 Å². The van der Waals surface area contributed by atoms with Gasteiger partial charge in [0.25, 0.3) is 0 Å². The molecule has 0 aliphatic carbocycles. The highest BCUT2D eigenvalue weighted by molar-refractivity contribution is 5.82. The van der Waals surface area contributed by atoms with Crippen molar-refractivity contribution in [2.24, 2.45) is 0 Å². The summed E-state index contributed by atoms with van der Waals surface area (Å²) in [5, 5.41) is 43.3. The molecule has 2 aromatic heterocycles. The van der Waals surface area contributed by atoms with Crippen LogP contribution in [-0.2, 0) is 11.3 Å². The number of anilines is 1. The number of fused-ring (bicyclic) bond motifs is 1. The largest absolute Gasteiger partial charge is 0.507 e. The Hall–Kier alpha value is -3.39. The lowest BCUT2D eigenvalue weighted by Crippen LogP contribution is -2.33. The molecule has 0 unspecified atom stereocenters. The first kappa shape index (κ1) is 22.8. The highest BCUT2D eigenvalue weighted by Crippen LogP contribution is 2.45. The fraction of sp³-hybridized carbons (Fsp3) is 0.450. The molecule has 0 saturated carbocycles. The zero-order valence-corrected chi connectivity index (χ0v) is 18.2. The maximum Gasteiger partial charge on any atom is 0.203 e. The Morgan fingerprint density at radius 3 is 2.45 bits per heavy atom. The van der Waals surface area contributed by atoms with Crippen LogP contribution in [-0.4, -0.2) is 86.2 Å². The zero-order valence-electron chi connectivity index (χ0n) is 18.2. The lowest BCUT2D eigenvalue weighted by atomic mass is 10.1. The lowest BCUT2D eigenvalue weighted by Gasteiger charge is -2.18. The summed E-state index contributed by atoms with van der Waals surface area (Å²) in [5.41, 5.74) is 1.12. The smallest absolute Gasteiger partial charge is 0.203 e. The van der Waals surface area contributed by atoms with Crippen LogP contribution in [0.2, 0.25) is 0 Å². The van der Waals surface area contributed by atoms with Crippen molar-refractivity contribution >= 4 is 17.0 Å². The fourth-order valence-corrected chi connectivity index (χ4v) is 3.82. The number of phenols is 1. The van der Waals surface area contributed by atoms with E-state index in [0.717, 1.165) is 0 Å². The summed E-state index contributed by atoms with van der Waals surface area (Å²) in [6.45, 7) is -0.345. The monoisotopic (exact) mass is 463 g/mol. The van der Waals surface area contributed by atoms with Crippen LogP contribution >= 0.6 is 0 Å². The van der Waals surface area contributed by atoms with Crippen molar-refractivity contribution in [3.05, 3.63) is 24.3 Å². The average Bonchev–Trinajstić information content (AvgIpc) is 3.38. The van der Waals surface area contributed by atoms with Crippen molar-refractivity contribution in [1.82, 2.24) is 19.5 Å². The van der Waals surface area contributed by atoms with Crippen LogP contribution in [0.5, 0.6) is 23.0 Å². The first-order valence-corrected chi connectivity index (χ1v) is 9.99. The number of phenolic OH excluding ortho intramolecular Hbond substituents is 1. The number of methoxy groups -OCH3 is 3. The number of ether oxygens (including phenoxy) is 4. The molecular formula is C20H25N5O8. The van der Waals surface area contributed by atoms with Gasteiger partial charge in [0, 0.05) is 12.6 Å². The predicted molar refractivity (Wildman–Crippen MR) is 113 cm³/mol. The molecule has 5 N–H and O–H groups in total. The Morgan fingerprint density at radius 2 is 1.82 bits per heavy atom. The first-order chi connectivity index (χ1) is 15.9. The first-order valence-electron chi connectivity index (χ1n) is 9.99. The maximum absolute atomic E-state index is 10.5. The van der Waals surface area contributed by atoms with Gasteiger partial charge in [-0.2, -0.15) is 0 Å². The van der Waals surface area contributed by atoms with Crippen molar-refractivity contribution in [1.29, 1.82) is 0 Å². The average molecular weight is 463 g/mol. The predicted octanol–water partition coefficient (Wildman–Crippen LogP) is -0.219. The molecule has 3 aromatic rings. The van der Waals surface area contributed by atoms with E-state index in [9.17, 15) is 20.4 Å². The normalized spacial score (nSPS) is 22.5. The number of imidazole rings is 1. The van der Waals surface area contributed by atoms with Gasteiger partial charge in [-0.1, -0.05) is 0 Å². The second-order valence-corrected chi connectivity index (χ2v) is 7.27. The summed E-state index contributed by atoms with van der Waals surface area (Å²) in [6, 6.07) is 1.42. The van der Waals surface area contributed by atoms with Crippen LogP contribution in [0.25, 0.3) is 11.2 Å². The van der Waals surface area contributed by atoms with Gasteiger partial charge in [-0.15, -0.1) is 0 Å². The van der Waals surface area contributed by atoms with E-state index in [1.165, 1.54) is 44.6 Å². The second kappa shape index (κ2) is 9.23. The highest BCUT2D eigenvalue weighted by Gasteiger charge is 2.44. The molecule has 3 heterocycles. The number of benzene rings is 1. The van der Waals surface area contributed by atoms with Crippen molar-refractivity contribution < 1.29 is 39.4 Å². The van der Waals surface area contributed by atoms with E-state index in [-0.39, 0.29) is 12.3 Å². The van der Waals surface area contributed by atoms with Gasteiger partial charge in [0.05, 0.1) is 39.8 Å². The van der Waals surface area contributed by atoms with Gasteiger partial charge in [0.1, 0.15) is 30.4 Å². The number of hydrogen-bond acceptors (Lipinski definition) is 12. The molecule has 1 saturated heterocycles. The molecule has 13 nitrogen and oxygen atoms in total. The number of aromatic hydroxyl groups is 1. The van der Waals surface area contributed by atoms with Gasteiger partial charge < -0.3 is 44.7 Å². The van der Waals surface area contributed by atoms with E-state index in [0.29, 0.717) is 39.8 Å². The number of hydrogen-bond donors (Lipinski definition) is 5. The molecule has 13 heteroatoms. The third-order valence-corrected chi connectivity index (χ3v) is 5.49. The van der Waals surface area contributed by atoms with Crippen LogP contribution < -0.4 is 19.5 Å². The molecule has 1 aliphatic heterocycles. The quantitative estimate of drug-likeness (QED) is 0.298. The van der Waals surface area contributed by atoms with Crippen molar-refractivity contribution in [2.45, 2.75) is 31.1 Å². The van der Waals surface area contributed by atoms with Crippen LogP contribution in [0, 0.1) is 0 Å². The number of aromatic nitrogens is 4. The van der Waals surface area contributed by atoms with Crippen molar-refractivity contribution in [2.75, 3.05) is 33.3 Å². The Kier molecular flexibility index (Phi) is 6.37. The molecule has 4 rings (SSSR count). The number of aliphatic hydroxyl groups excluding tert-OH is 3. The molecule has 1 fully saturated rings. The lowest BCUT2D eigenvalue weighted by molar-refractivity contribution is -0.0511.